The maximum Gasteiger partial charge on any atom is 0.282 e. The van der Waals surface area contributed by atoms with Crippen molar-refractivity contribution in [3.05, 3.63) is 86.1 Å². The first-order valence-electron chi connectivity index (χ1n) is 9.23. The smallest absolute Gasteiger partial charge is 0.282 e. The Morgan fingerprint density at radius 3 is 2.42 bits per heavy atom. The maximum absolute atomic E-state index is 12.7. The fourth-order valence-electron chi connectivity index (χ4n) is 3.20. The summed E-state index contributed by atoms with van der Waals surface area (Å²) < 4.78 is 5.72. The molecule has 0 saturated carbocycles. The zero-order valence-electron chi connectivity index (χ0n) is 16.5. The molecule has 2 heterocycles. The molecule has 0 bridgehead atoms. The van der Waals surface area contributed by atoms with Crippen LogP contribution >= 0.6 is 11.6 Å². The van der Waals surface area contributed by atoms with Gasteiger partial charge in [-0.3, -0.25) is 25.1 Å². The summed E-state index contributed by atoms with van der Waals surface area (Å²) in [6, 6.07) is 12.7. The fourth-order valence-corrected chi connectivity index (χ4v) is 3.32. The van der Waals surface area contributed by atoms with Crippen LogP contribution in [0.3, 0.4) is 0 Å². The van der Waals surface area contributed by atoms with Gasteiger partial charge in [0.25, 0.3) is 17.5 Å². The van der Waals surface area contributed by atoms with Crippen molar-refractivity contribution in [1.29, 1.82) is 0 Å². The average Bonchev–Trinajstić information content (AvgIpc) is 3.30. The van der Waals surface area contributed by atoms with E-state index in [1.54, 1.807) is 49.4 Å². The van der Waals surface area contributed by atoms with E-state index >= 15 is 0 Å². The number of nitro groups is 1. The Hall–Kier alpha value is -3.91. The Labute approximate surface area is 181 Å². The molecule has 1 aliphatic rings. The van der Waals surface area contributed by atoms with E-state index in [9.17, 15) is 19.7 Å². The van der Waals surface area contributed by atoms with Crippen molar-refractivity contribution in [2.24, 2.45) is 0 Å². The predicted octanol–water partition coefficient (Wildman–Crippen LogP) is 4.59. The standard InChI is InChI=1S/C22H16ClN3O5/c1-12-9-17(19(26(29)30)10-13(12)2)20-8-7-16(31-20)11-18-21(27)24-25(22(18)28)15-5-3-14(23)4-6-15/h3-11H,1-2H3,(H,24,27)/b18-11-. The Kier molecular flexibility index (Phi) is 5.08. The number of furan rings is 1. The lowest BCUT2D eigenvalue weighted by atomic mass is 10.0. The van der Waals surface area contributed by atoms with Crippen LogP contribution in [0, 0.1) is 24.0 Å². The minimum absolute atomic E-state index is 0.0831. The number of aryl methyl sites for hydroxylation is 2. The summed E-state index contributed by atoms with van der Waals surface area (Å²) in [4.78, 5) is 36.1. The van der Waals surface area contributed by atoms with E-state index in [1.807, 2.05) is 6.92 Å². The van der Waals surface area contributed by atoms with Crippen LogP contribution in [-0.4, -0.2) is 16.7 Å². The minimum atomic E-state index is -0.588. The molecule has 0 aliphatic carbocycles. The highest BCUT2D eigenvalue weighted by Crippen LogP contribution is 2.34. The molecule has 1 saturated heterocycles. The Morgan fingerprint density at radius 2 is 1.74 bits per heavy atom. The van der Waals surface area contributed by atoms with Crippen LogP contribution in [0.15, 0.2) is 58.5 Å². The Balaban J connectivity index is 1.67. The molecule has 1 aromatic heterocycles. The van der Waals surface area contributed by atoms with Gasteiger partial charge >= 0.3 is 0 Å². The third kappa shape index (κ3) is 3.80. The maximum atomic E-state index is 12.7. The Bertz CT molecular complexity index is 1260. The molecule has 156 valence electrons. The zero-order chi connectivity index (χ0) is 22.3. The summed E-state index contributed by atoms with van der Waals surface area (Å²) in [5, 5.41) is 13.1. The monoisotopic (exact) mass is 437 g/mol. The van der Waals surface area contributed by atoms with Crippen molar-refractivity contribution in [3.63, 3.8) is 0 Å². The highest BCUT2D eigenvalue weighted by atomic mass is 35.5. The van der Waals surface area contributed by atoms with Gasteiger partial charge in [-0.1, -0.05) is 11.6 Å². The van der Waals surface area contributed by atoms with Crippen LogP contribution in [0.4, 0.5) is 11.4 Å². The molecule has 9 heteroatoms. The molecule has 0 spiro atoms. The van der Waals surface area contributed by atoms with Gasteiger partial charge in [0.2, 0.25) is 0 Å². The lowest BCUT2D eigenvalue weighted by Crippen LogP contribution is -2.35. The van der Waals surface area contributed by atoms with E-state index in [-0.39, 0.29) is 22.8 Å². The van der Waals surface area contributed by atoms with Gasteiger partial charge in [0.15, 0.2) is 0 Å². The number of carbonyl (C=O) groups excluding carboxylic acids is 2. The van der Waals surface area contributed by atoms with E-state index in [0.717, 1.165) is 16.1 Å². The quantitative estimate of drug-likeness (QED) is 0.278. The number of nitro benzene ring substituents is 1. The molecule has 1 aliphatic heterocycles. The average molecular weight is 438 g/mol. The van der Waals surface area contributed by atoms with Crippen molar-refractivity contribution >= 4 is 40.9 Å². The highest BCUT2D eigenvalue weighted by molar-refractivity contribution is 6.32. The van der Waals surface area contributed by atoms with Gasteiger partial charge in [-0.25, -0.2) is 5.01 Å². The van der Waals surface area contributed by atoms with E-state index < -0.39 is 16.7 Å². The van der Waals surface area contributed by atoms with Crippen molar-refractivity contribution in [1.82, 2.24) is 5.43 Å². The SMILES string of the molecule is Cc1cc(-c2ccc(/C=C3/C(=O)NN(c4ccc(Cl)cc4)C3=O)o2)c([N+](=O)[O-])cc1C. The normalized spacial score (nSPS) is 14.9. The first-order valence-corrected chi connectivity index (χ1v) is 9.61. The number of hydrogen-bond acceptors (Lipinski definition) is 5. The van der Waals surface area contributed by atoms with E-state index in [4.69, 9.17) is 16.0 Å². The van der Waals surface area contributed by atoms with Gasteiger partial charge in [-0.2, -0.15) is 0 Å². The number of amides is 2. The summed E-state index contributed by atoms with van der Waals surface area (Å²) in [6.45, 7) is 3.64. The lowest BCUT2D eigenvalue weighted by molar-refractivity contribution is -0.384. The molecule has 2 amide bonds. The van der Waals surface area contributed by atoms with Gasteiger partial charge in [0.1, 0.15) is 17.1 Å². The van der Waals surface area contributed by atoms with Gasteiger partial charge in [0.05, 0.1) is 16.2 Å². The second kappa shape index (κ2) is 7.73. The topological polar surface area (TPSA) is 106 Å². The van der Waals surface area contributed by atoms with Gasteiger partial charge < -0.3 is 4.42 Å². The van der Waals surface area contributed by atoms with E-state index in [1.165, 1.54) is 12.1 Å². The highest BCUT2D eigenvalue weighted by Gasteiger charge is 2.34. The third-order valence-corrected chi connectivity index (χ3v) is 5.22. The van der Waals surface area contributed by atoms with E-state index in [2.05, 4.69) is 5.43 Å². The first kappa shape index (κ1) is 20.4. The summed E-state index contributed by atoms with van der Waals surface area (Å²) in [5.41, 5.74) is 4.73. The largest absolute Gasteiger partial charge is 0.456 e. The second-order valence-electron chi connectivity index (χ2n) is 7.03. The molecule has 0 unspecified atom stereocenters. The van der Waals surface area contributed by atoms with Gasteiger partial charge in [-0.15, -0.1) is 0 Å². The molecule has 2 aromatic carbocycles. The van der Waals surface area contributed by atoms with Crippen LogP contribution in [0.2, 0.25) is 5.02 Å². The molecule has 0 radical (unpaired) electrons. The number of anilines is 1. The third-order valence-electron chi connectivity index (χ3n) is 4.96. The lowest BCUT2D eigenvalue weighted by Gasteiger charge is -2.14. The molecule has 1 fully saturated rings. The molecular weight excluding hydrogens is 422 g/mol. The number of carbonyl (C=O) groups is 2. The second-order valence-corrected chi connectivity index (χ2v) is 7.47. The number of nitrogens with one attached hydrogen (secondary N) is 1. The van der Waals surface area contributed by atoms with E-state index in [0.29, 0.717) is 16.3 Å². The van der Waals surface area contributed by atoms with Crippen molar-refractivity contribution in [2.45, 2.75) is 13.8 Å². The van der Waals surface area contributed by atoms with Crippen LogP contribution in [0.1, 0.15) is 16.9 Å². The summed E-state index contributed by atoms with van der Waals surface area (Å²) >= 11 is 5.86. The summed E-state index contributed by atoms with van der Waals surface area (Å²) in [6.07, 6.45) is 1.31. The van der Waals surface area contributed by atoms with Crippen molar-refractivity contribution < 1.29 is 18.9 Å². The number of hydrazine groups is 1. The van der Waals surface area contributed by atoms with Crippen LogP contribution < -0.4 is 10.4 Å². The summed E-state index contributed by atoms with van der Waals surface area (Å²) in [7, 11) is 0. The van der Waals surface area contributed by atoms with Crippen LogP contribution in [0.25, 0.3) is 17.4 Å². The molecular formula is C22H16ClN3O5. The number of rotatable bonds is 4. The predicted molar refractivity (Wildman–Crippen MR) is 115 cm³/mol. The zero-order valence-corrected chi connectivity index (χ0v) is 17.3. The number of halogens is 1. The van der Waals surface area contributed by atoms with Crippen molar-refractivity contribution in [3.8, 4) is 11.3 Å². The molecule has 8 nitrogen and oxygen atoms in total. The molecule has 0 atom stereocenters. The van der Waals surface area contributed by atoms with Crippen LogP contribution in [-0.2, 0) is 9.59 Å². The van der Waals surface area contributed by atoms with Gasteiger partial charge in [-0.05, 0) is 73.5 Å². The van der Waals surface area contributed by atoms with Crippen molar-refractivity contribution in [2.75, 3.05) is 5.01 Å². The number of nitrogens with zero attached hydrogens (tertiary/aromatic N) is 2. The Morgan fingerprint density at radius 1 is 1.06 bits per heavy atom. The van der Waals surface area contributed by atoms with Crippen LogP contribution in [0.5, 0.6) is 0 Å². The molecule has 3 aromatic rings. The fraction of sp³-hybridized carbons (Fsp3) is 0.0909. The number of benzene rings is 2. The first-order chi connectivity index (χ1) is 14.7. The molecule has 1 N–H and O–H groups in total. The molecule has 31 heavy (non-hydrogen) atoms. The number of hydrogen-bond donors (Lipinski definition) is 1. The van der Waals surface area contributed by atoms with Gasteiger partial charge in [0, 0.05) is 11.1 Å². The minimum Gasteiger partial charge on any atom is -0.456 e. The summed E-state index contributed by atoms with van der Waals surface area (Å²) in [5.74, 6) is -0.654. The molecule has 4 rings (SSSR count).